The monoisotopic (exact) mass is 303 g/mol. The summed E-state index contributed by atoms with van der Waals surface area (Å²) in [6, 6.07) is 0. The van der Waals surface area contributed by atoms with Gasteiger partial charge in [0, 0.05) is 19.6 Å². The maximum Gasteiger partial charge on any atom is 0.358 e. The number of aromatic carboxylic acids is 1. The summed E-state index contributed by atoms with van der Waals surface area (Å²) in [5.41, 5.74) is -0.163. The molecule has 2 heterocycles. The van der Waals surface area contributed by atoms with Crippen LogP contribution in [-0.4, -0.2) is 58.4 Å². The maximum absolute atomic E-state index is 12.0. The van der Waals surface area contributed by atoms with E-state index < -0.39 is 16.2 Å². The second-order valence-electron chi connectivity index (χ2n) is 4.53. The number of nitrogens with one attached hydrogen (secondary N) is 1. The van der Waals surface area contributed by atoms with Crippen molar-refractivity contribution in [1.29, 1.82) is 0 Å². The van der Waals surface area contributed by atoms with E-state index in [1.807, 2.05) is 0 Å². The molecule has 0 spiro atoms. The molecule has 20 heavy (non-hydrogen) atoms. The molecule has 1 aromatic rings. The zero-order valence-electron chi connectivity index (χ0n) is 10.9. The molecule has 2 rings (SSSR count). The molecule has 1 aliphatic heterocycles. The topological polar surface area (TPSA) is 117 Å². The van der Waals surface area contributed by atoms with Crippen LogP contribution in [0.1, 0.15) is 29.8 Å². The second kappa shape index (κ2) is 6.29. The molecule has 0 saturated carbocycles. The van der Waals surface area contributed by atoms with Crippen LogP contribution >= 0.6 is 0 Å². The Morgan fingerprint density at radius 2 is 2.05 bits per heavy atom. The lowest BCUT2D eigenvalue weighted by Crippen LogP contribution is -2.44. The molecule has 112 valence electrons. The first-order chi connectivity index (χ1) is 9.49. The van der Waals surface area contributed by atoms with Crippen molar-refractivity contribution < 1.29 is 18.3 Å². The molecular formula is C10H17N5O4S. The molecule has 0 unspecified atom stereocenters. The number of hydrogen-bond donors (Lipinski definition) is 2. The first kappa shape index (κ1) is 14.9. The second-order valence-corrected chi connectivity index (χ2v) is 6.29. The number of carboxylic acid groups (broad SMARTS) is 1. The lowest BCUT2D eigenvalue weighted by Gasteiger charge is -2.25. The number of nitrogens with zero attached hydrogens (tertiary/aromatic N) is 4. The summed E-state index contributed by atoms with van der Waals surface area (Å²) in [6.07, 6.45) is 4.08. The Hall–Kier alpha value is -1.52. The van der Waals surface area contributed by atoms with Gasteiger partial charge in [-0.1, -0.05) is 11.6 Å². The minimum atomic E-state index is -3.46. The lowest BCUT2D eigenvalue weighted by atomic mass is 10.2. The third kappa shape index (κ3) is 3.74. The highest BCUT2D eigenvalue weighted by atomic mass is 32.2. The summed E-state index contributed by atoms with van der Waals surface area (Å²) >= 11 is 0. The molecule has 0 radical (unpaired) electrons. The van der Waals surface area contributed by atoms with Crippen LogP contribution in [0.25, 0.3) is 0 Å². The summed E-state index contributed by atoms with van der Waals surface area (Å²) in [5.74, 6) is -1.16. The van der Waals surface area contributed by atoms with Gasteiger partial charge in [-0.15, -0.1) is 5.10 Å². The smallest absolute Gasteiger partial charge is 0.358 e. The van der Waals surface area contributed by atoms with Crippen molar-refractivity contribution in [3.8, 4) is 0 Å². The van der Waals surface area contributed by atoms with Crippen LogP contribution in [0.5, 0.6) is 0 Å². The van der Waals surface area contributed by atoms with Gasteiger partial charge in [0.25, 0.3) is 10.2 Å². The number of piperidine rings is 1. The van der Waals surface area contributed by atoms with Gasteiger partial charge in [0.05, 0.1) is 12.7 Å². The van der Waals surface area contributed by atoms with E-state index in [0.29, 0.717) is 13.1 Å². The van der Waals surface area contributed by atoms with E-state index in [0.717, 1.165) is 19.3 Å². The Kier molecular flexibility index (Phi) is 4.68. The van der Waals surface area contributed by atoms with Crippen molar-refractivity contribution in [2.45, 2.75) is 25.8 Å². The molecule has 10 heteroatoms. The van der Waals surface area contributed by atoms with E-state index in [-0.39, 0.29) is 18.8 Å². The number of carbonyl (C=O) groups is 1. The fourth-order valence-corrected chi connectivity index (χ4v) is 3.26. The highest BCUT2D eigenvalue weighted by Gasteiger charge is 2.23. The van der Waals surface area contributed by atoms with Gasteiger partial charge in [-0.3, -0.25) is 4.68 Å². The molecule has 0 atom stereocenters. The quantitative estimate of drug-likeness (QED) is 0.717. The molecule has 1 aliphatic rings. The molecule has 2 N–H and O–H groups in total. The highest BCUT2D eigenvalue weighted by molar-refractivity contribution is 7.87. The van der Waals surface area contributed by atoms with Gasteiger partial charge >= 0.3 is 5.97 Å². The third-order valence-electron chi connectivity index (χ3n) is 3.04. The molecule has 0 aliphatic carbocycles. The lowest BCUT2D eigenvalue weighted by molar-refractivity contribution is 0.0690. The van der Waals surface area contributed by atoms with Gasteiger partial charge in [-0.05, 0) is 12.8 Å². The van der Waals surface area contributed by atoms with Crippen molar-refractivity contribution in [2.75, 3.05) is 19.6 Å². The van der Waals surface area contributed by atoms with E-state index >= 15 is 0 Å². The van der Waals surface area contributed by atoms with E-state index in [4.69, 9.17) is 5.11 Å². The normalized spacial score (nSPS) is 17.2. The molecular weight excluding hydrogens is 286 g/mol. The van der Waals surface area contributed by atoms with Crippen molar-refractivity contribution in [1.82, 2.24) is 24.0 Å². The van der Waals surface area contributed by atoms with Gasteiger partial charge in [-0.2, -0.15) is 12.7 Å². The van der Waals surface area contributed by atoms with Gasteiger partial charge < -0.3 is 5.11 Å². The minimum Gasteiger partial charge on any atom is -0.476 e. The standard InChI is InChI=1S/C10H17N5O4S/c16-10(17)9-8-14(13-12-9)7-4-11-20(18,19)15-5-2-1-3-6-15/h8,11H,1-7H2,(H,16,17). The van der Waals surface area contributed by atoms with E-state index in [1.54, 1.807) is 0 Å². The number of carboxylic acids is 1. The molecule has 1 fully saturated rings. The van der Waals surface area contributed by atoms with Crippen LogP contribution in [0.3, 0.4) is 0 Å². The predicted octanol–water partition coefficient (Wildman–Crippen LogP) is -0.703. The van der Waals surface area contributed by atoms with Crippen molar-refractivity contribution in [3.05, 3.63) is 11.9 Å². The molecule has 1 aromatic heterocycles. The fraction of sp³-hybridized carbons (Fsp3) is 0.700. The molecule has 0 bridgehead atoms. The van der Waals surface area contributed by atoms with Crippen molar-refractivity contribution >= 4 is 16.2 Å². The average Bonchev–Trinajstić information content (AvgIpc) is 2.89. The SMILES string of the molecule is O=C(O)c1cn(CCNS(=O)(=O)N2CCCCC2)nn1. The van der Waals surface area contributed by atoms with Crippen molar-refractivity contribution in [3.63, 3.8) is 0 Å². The third-order valence-corrected chi connectivity index (χ3v) is 4.65. The molecule has 1 saturated heterocycles. The summed E-state index contributed by atoms with van der Waals surface area (Å²) in [6.45, 7) is 1.46. The van der Waals surface area contributed by atoms with Crippen LogP contribution in [0, 0.1) is 0 Å². The predicted molar refractivity (Wildman–Crippen MR) is 69.3 cm³/mol. The van der Waals surface area contributed by atoms with Gasteiger partial charge in [0.2, 0.25) is 0 Å². The fourth-order valence-electron chi connectivity index (χ4n) is 1.99. The molecule has 0 amide bonds. The van der Waals surface area contributed by atoms with E-state index in [9.17, 15) is 13.2 Å². The Bertz CT molecular complexity index is 564. The Balaban J connectivity index is 1.83. The highest BCUT2D eigenvalue weighted by Crippen LogP contribution is 2.11. The largest absolute Gasteiger partial charge is 0.476 e. The average molecular weight is 303 g/mol. The van der Waals surface area contributed by atoms with Crippen molar-refractivity contribution in [2.24, 2.45) is 0 Å². The molecule has 9 nitrogen and oxygen atoms in total. The Morgan fingerprint density at radius 1 is 1.35 bits per heavy atom. The summed E-state index contributed by atoms with van der Waals surface area (Å²) in [5, 5.41) is 15.7. The maximum atomic E-state index is 12.0. The van der Waals surface area contributed by atoms with Gasteiger partial charge in [0.1, 0.15) is 0 Å². The zero-order chi connectivity index (χ0) is 14.6. The summed E-state index contributed by atoms with van der Waals surface area (Å²) in [7, 11) is -3.46. The Labute approximate surface area is 116 Å². The van der Waals surface area contributed by atoms with Crippen LogP contribution in [0.4, 0.5) is 0 Å². The number of aromatic nitrogens is 3. The number of rotatable bonds is 6. The summed E-state index contributed by atoms with van der Waals surface area (Å²) in [4.78, 5) is 10.6. The number of hydrogen-bond acceptors (Lipinski definition) is 5. The van der Waals surface area contributed by atoms with E-state index in [2.05, 4.69) is 15.0 Å². The first-order valence-electron chi connectivity index (χ1n) is 6.37. The van der Waals surface area contributed by atoms with Crippen LogP contribution in [0.2, 0.25) is 0 Å². The molecule has 0 aromatic carbocycles. The van der Waals surface area contributed by atoms with Crippen LogP contribution in [0.15, 0.2) is 6.20 Å². The zero-order valence-corrected chi connectivity index (χ0v) is 11.7. The van der Waals surface area contributed by atoms with E-state index in [1.165, 1.54) is 15.2 Å². The Morgan fingerprint density at radius 3 is 2.65 bits per heavy atom. The van der Waals surface area contributed by atoms with Gasteiger partial charge in [0.15, 0.2) is 5.69 Å². The first-order valence-corrected chi connectivity index (χ1v) is 7.81. The van der Waals surface area contributed by atoms with Gasteiger partial charge in [-0.25, -0.2) is 9.52 Å². The van der Waals surface area contributed by atoms with Crippen LogP contribution < -0.4 is 4.72 Å². The minimum absolute atomic E-state index is 0.140. The summed E-state index contributed by atoms with van der Waals surface area (Å²) < 4.78 is 29.1. The van der Waals surface area contributed by atoms with Crippen LogP contribution in [-0.2, 0) is 16.8 Å².